The van der Waals surface area contributed by atoms with Crippen LogP contribution in [0.3, 0.4) is 0 Å². The van der Waals surface area contributed by atoms with Gasteiger partial charge in [-0.3, -0.25) is 9.35 Å². The van der Waals surface area contributed by atoms with Crippen molar-refractivity contribution in [1.29, 1.82) is 0 Å². The predicted octanol–water partition coefficient (Wildman–Crippen LogP) is -1.53. The summed E-state index contributed by atoms with van der Waals surface area (Å²) in [7, 11) is -4.69. The van der Waals surface area contributed by atoms with Gasteiger partial charge in [-0.25, -0.2) is 9.52 Å². The van der Waals surface area contributed by atoms with E-state index in [1.165, 1.54) is 6.92 Å². The molecule has 0 bridgehead atoms. The SMILES string of the molecule is CCOC(=O)C(=O)NS(=O)(=O)O. The first kappa shape index (κ1) is 10.8. The van der Waals surface area contributed by atoms with Gasteiger partial charge in [-0.1, -0.05) is 0 Å². The summed E-state index contributed by atoms with van der Waals surface area (Å²) in [5, 5.41) is 0. The Kier molecular flexibility index (Phi) is 3.64. The van der Waals surface area contributed by atoms with Crippen molar-refractivity contribution < 1.29 is 27.3 Å². The molecule has 0 unspecified atom stereocenters. The molecule has 0 heterocycles. The maximum Gasteiger partial charge on any atom is 0.397 e. The van der Waals surface area contributed by atoms with Gasteiger partial charge >= 0.3 is 22.2 Å². The fourth-order valence-electron chi connectivity index (χ4n) is 0.355. The topological polar surface area (TPSA) is 110 Å². The van der Waals surface area contributed by atoms with E-state index in [1.807, 2.05) is 0 Å². The van der Waals surface area contributed by atoms with Crippen LogP contribution in [0.15, 0.2) is 0 Å². The first-order valence-corrected chi connectivity index (χ1v) is 4.27. The summed E-state index contributed by atoms with van der Waals surface area (Å²) in [6, 6.07) is 0. The van der Waals surface area contributed by atoms with Crippen LogP contribution in [0.25, 0.3) is 0 Å². The number of amides is 1. The summed E-state index contributed by atoms with van der Waals surface area (Å²) < 4.78 is 33.1. The van der Waals surface area contributed by atoms with Gasteiger partial charge in [0, 0.05) is 0 Å². The highest BCUT2D eigenvalue weighted by Gasteiger charge is 2.19. The summed E-state index contributed by atoms with van der Waals surface area (Å²) in [4.78, 5) is 20.8. The van der Waals surface area contributed by atoms with Crippen molar-refractivity contribution in [2.45, 2.75) is 6.92 Å². The highest BCUT2D eigenvalue weighted by Crippen LogP contribution is 1.80. The smallest absolute Gasteiger partial charge is 0.397 e. The molecule has 12 heavy (non-hydrogen) atoms. The lowest BCUT2D eigenvalue weighted by Crippen LogP contribution is -2.36. The van der Waals surface area contributed by atoms with Gasteiger partial charge < -0.3 is 4.74 Å². The molecule has 2 N–H and O–H groups in total. The zero-order valence-electron chi connectivity index (χ0n) is 6.10. The van der Waals surface area contributed by atoms with E-state index >= 15 is 0 Å². The van der Waals surface area contributed by atoms with E-state index < -0.39 is 22.2 Å². The first-order chi connectivity index (χ1) is 5.37. The Morgan fingerprint density at radius 3 is 2.33 bits per heavy atom. The van der Waals surface area contributed by atoms with E-state index in [9.17, 15) is 18.0 Å². The number of carbonyl (C=O) groups is 2. The average Bonchev–Trinajstić information content (AvgIpc) is 1.84. The normalized spacial score (nSPS) is 10.5. The number of carbonyl (C=O) groups excluding carboxylic acids is 2. The molecule has 0 saturated heterocycles. The van der Waals surface area contributed by atoms with E-state index in [1.54, 1.807) is 0 Å². The third-order valence-electron chi connectivity index (χ3n) is 0.683. The molecule has 1 amide bonds. The van der Waals surface area contributed by atoms with Gasteiger partial charge in [-0.2, -0.15) is 8.42 Å². The maximum absolute atomic E-state index is 10.4. The van der Waals surface area contributed by atoms with Crippen LogP contribution < -0.4 is 4.72 Å². The van der Waals surface area contributed by atoms with Crippen LogP contribution in [-0.4, -0.2) is 31.5 Å². The summed E-state index contributed by atoms with van der Waals surface area (Å²) in [6.45, 7) is 1.39. The van der Waals surface area contributed by atoms with Gasteiger partial charge in [0.1, 0.15) is 0 Å². The second-order valence-corrected chi connectivity index (χ2v) is 2.78. The number of rotatable bonds is 2. The Bertz CT molecular complexity index is 280. The number of esters is 1. The molecule has 7 nitrogen and oxygen atoms in total. The Morgan fingerprint density at radius 1 is 1.50 bits per heavy atom. The van der Waals surface area contributed by atoms with E-state index in [-0.39, 0.29) is 6.61 Å². The van der Waals surface area contributed by atoms with Crippen LogP contribution in [0.4, 0.5) is 0 Å². The van der Waals surface area contributed by atoms with Crippen LogP contribution in [0.5, 0.6) is 0 Å². The maximum atomic E-state index is 10.4. The second-order valence-electron chi connectivity index (χ2n) is 1.63. The molecule has 0 aliphatic rings. The highest BCUT2D eigenvalue weighted by atomic mass is 32.2. The van der Waals surface area contributed by atoms with E-state index in [4.69, 9.17) is 4.55 Å². The zero-order valence-corrected chi connectivity index (χ0v) is 6.92. The predicted molar refractivity (Wildman–Crippen MR) is 36.3 cm³/mol. The molecule has 0 atom stereocenters. The van der Waals surface area contributed by atoms with Gasteiger partial charge in [0.15, 0.2) is 0 Å². The molecule has 0 fully saturated rings. The Morgan fingerprint density at radius 2 is 2.00 bits per heavy atom. The minimum Gasteiger partial charge on any atom is -0.459 e. The van der Waals surface area contributed by atoms with Gasteiger partial charge in [-0.05, 0) is 6.92 Å². The Labute approximate surface area is 68.6 Å². The molecule has 0 aliphatic heterocycles. The molecule has 0 spiro atoms. The lowest BCUT2D eigenvalue weighted by atomic mass is 10.6. The molecule has 0 saturated carbocycles. The van der Waals surface area contributed by atoms with Crippen molar-refractivity contribution in [2.24, 2.45) is 0 Å². The van der Waals surface area contributed by atoms with Crippen LogP contribution in [0, 0.1) is 0 Å². The number of ether oxygens (including phenoxy) is 1. The second kappa shape index (κ2) is 4.02. The minimum absolute atomic E-state index is 0.0578. The summed E-state index contributed by atoms with van der Waals surface area (Å²) in [5.74, 6) is -2.89. The molecule has 70 valence electrons. The quantitative estimate of drug-likeness (QED) is 0.315. The van der Waals surface area contributed by atoms with E-state index in [2.05, 4.69) is 4.74 Å². The van der Waals surface area contributed by atoms with Crippen molar-refractivity contribution in [2.75, 3.05) is 6.61 Å². The lowest BCUT2D eigenvalue weighted by molar-refractivity contribution is -0.153. The van der Waals surface area contributed by atoms with Crippen LogP contribution in [-0.2, 0) is 24.6 Å². The van der Waals surface area contributed by atoms with Gasteiger partial charge in [0.05, 0.1) is 6.61 Å². The zero-order chi connectivity index (χ0) is 9.78. The van der Waals surface area contributed by atoms with Crippen molar-refractivity contribution in [1.82, 2.24) is 4.72 Å². The molecule has 0 aliphatic carbocycles. The lowest BCUT2D eigenvalue weighted by Gasteiger charge is -1.99. The van der Waals surface area contributed by atoms with E-state index in [0.717, 1.165) is 4.72 Å². The summed E-state index contributed by atoms with van der Waals surface area (Å²) in [5.41, 5.74) is 0. The molecular formula is C4H7NO6S. The van der Waals surface area contributed by atoms with Crippen LogP contribution >= 0.6 is 0 Å². The highest BCUT2D eigenvalue weighted by molar-refractivity contribution is 7.84. The third kappa shape index (κ3) is 4.63. The molecule has 0 aromatic carbocycles. The van der Waals surface area contributed by atoms with Crippen molar-refractivity contribution >= 4 is 22.2 Å². The molecule has 0 aromatic rings. The van der Waals surface area contributed by atoms with Gasteiger partial charge in [0.2, 0.25) is 0 Å². The van der Waals surface area contributed by atoms with Crippen molar-refractivity contribution in [3.8, 4) is 0 Å². The minimum atomic E-state index is -4.69. The van der Waals surface area contributed by atoms with Gasteiger partial charge in [-0.15, -0.1) is 0 Å². The molecule has 0 radical (unpaired) electrons. The Balaban J connectivity index is 4.15. The first-order valence-electron chi connectivity index (χ1n) is 2.83. The number of nitrogens with one attached hydrogen (secondary N) is 1. The largest absolute Gasteiger partial charge is 0.459 e. The number of hydrogen-bond donors (Lipinski definition) is 2. The number of hydrogen-bond acceptors (Lipinski definition) is 5. The fraction of sp³-hybridized carbons (Fsp3) is 0.500. The van der Waals surface area contributed by atoms with E-state index in [0.29, 0.717) is 0 Å². The van der Waals surface area contributed by atoms with Gasteiger partial charge in [0.25, 0.3) is 0 Å². The van der Waals surface area contributed by atoms with Crippen molar-refractivity contribution in [3.63, 3.8) is 0 Å². The van der Waals surface area contributed by atoms with Crippen LogP contribution in [0.2, 0.25) is 0 Å². The fourth-order valence-corrected chi connectivity index (χ4v) is 0.673. The summed E-state index contributed by atoms with van der Waals surface area (Å²) in [6.07, 6.45) is 0. The Hall–Kier alpha value is -1.15. The van der Waals surface area contributed by atoms with Crippen LogP contribution in [0.1, 0.15) is 6.92 Å². The monoisotopic (exact) mass is 197 g/mol. The molecule has 8 heteroatoms. The average molecular weight is 197 g/mol. The molecule has 0 rings (SSSR count). The molecule has 0 aromatic heterocycles. The standard InChI is InChI=1S/C4H7NO6S/c1-2-11-4(7)3(6)5-12(8,9)10/h2H2,1H3,(H,5,6)(H,8,9,10). The summed E-state index contributed by atoms with van der Waals surface area (Å²) >= 11 is 0. The molecular weight excluding hydrogens is 190 g/mol. The third-order valence-corrected chi connectivity index (χ3v) is 1.13. The van der Waals surface area contributed by atoms with Crippen molar-refractivity contribution in [3.05, 3.63) is 0 Å².